The number of anilines is 2. The third-order valence-electron chi connectivity index (χ3n) is 4.53. The van der Waals surface area contributed by atoms with Crippen LogP contribution in [0.5, 0.6) is 5.88 Å². The lowest BCUT2D eigenvalue weighted by Gasteiger charge is -2.29. The van der Waals surface area contributed by atoms with E-state index in [1.807, 2.05) is 6.21 Å². The Morgan fingerprint density at radius 1 is 1.52 bits per heavy atom. The lowest BCUT2D eigenvalue weighted by Crippen LogP contribution is -2.31. The van der Waals surface area contributed by atoms with Gasteiger partial charge in [0.15, 0.2) is 5.82 Å². The van der Waals surface area contributed by atoms with E-state index >= 15 is 0 Å². The summed E-state index contributed by atoms with van der Waals surface area (Å²) in [5, 5.41) is 7.50. The van der Waals surface area contributed by atoms with Crippen LogP contribution in [0, 0.1) is 11.9 Å². The fourth-order valence-corrected chi connectivity index (χ4v) is 3.18. The number of rotatable bonds is 7. The summed E-state index contributed by atoms with van der Waals surface area (Å²) in [6, 6.07) is 2.57. The standard InChI is InChI=1S/C19H24FN5O4/c1-4-29-19(26)14-10-25(15-11-28-6-5-12(15)9-21-2)24-18(14)22-13-7-16(20)23-17(8-13)27-3/h7-10,12,15H,4-6,11H2,1-3H3,(H,22,23,24)/t12-,15+/m1/s1. The van der Waals surface area contributed by atoms with E-state index in [0.29, 0.717) is 18.9 Å². The van der Waals surface area contributed by atoms with E-state index in [0.717, 1.165) is 6.42 Å². The number of nitrogens with zero attached hydrogens (tertiary/aromatic N) is 4. The third kappa shape index (κ3) is 4.89. The highest BCUT2D eigenvalue weighted by Crippen LogP contribution is 2.29. The van der Waals surface area contributed by atoms with Gasteiger partial charge in [-0.2, -0.15) is 14.5 Å². The van der Waals surface area contributed by atoms with Crippen molar-refractivity contribution in [3.05, 3.63) is 29.8 Å². The SMILES string of the molecule is CCOC(=O)c1cn([C@H]2COCC[C@@H]2C=NC)nc1Nc1cc(F)nc(OC)c1. The molecular formula is C19H24FN5O4. The minimum Gasteiger partial charge on any atom is -0.481 e. The van der Waals surface area contributed by atoms with Crippen LogP contribution in [0.3, 0.4) is 0 Å². The van der Waals surface area contributed by atoms with Gasteiger partial charge in [-0.1, -0.05) is 0 Å². The molecule has 3 rings (SSSR count). The van der Waals surface area contributed by atoms with Crippen molar-refractivity contribution in [2.45, 2.75) is 19.4 Å². The average Bonchev–Trinajstić information content (AvgIpc) is 3.12. The van der Waals surface area contributed by atoms with E-state index in [9.17, 15) is 9.18 Å². The Kier molecular flexibility index (Phi) is 6.76. The summed E-state index contributed by atoms with van der Waals surface area (Å²) in [5.41, 5.74) is 0.581. The zero-order chi connectivity index (χ0) is 20.8. The minimum atomic E-state index is -0.719. The zero-order valence-corrected chi connectivity index (χ0v) is 16.6. The molecule has 2 aromatic rings. The van der Waals surface area contributed by atoms with E-state index < -0.39 is 11.9 Å². The quantitative estimate of drug-likeness (QED) is 0.429. The minimum absolute atomic E-state index is 0.101. The maximum atomic E-state index is 13.7. The molecule has 10 heteroatoms. The number of aliphatic imine (C=N–C) groups is 1. The number of hydrogen-bond acceptors (Lipinski definition) is 8. The van der Waals surface area contributed by atoms with E-state index in [4.69, 9.17) is 14.2 Å². The third-order valence-corrected chi connectivity index (χ3v) is 4.53. The molecule has 0 radical (unpaired) electrons. The first-order chi connectivity index (χ1) is 14.0. The second kappa shape index (κ2) is 9.46. The van der Waals surface area contributed by atoms with Crippen LogP contribution in [0.15, 0.2) is 23.3 Å². The van der Waals surface area contributed by atoms with Crippen LogP contribution in [0.2, 0.25) is 0 Å². The van der Waals surface area contributed by atoms with Crippen molar-refractivity contribution >= 4 is 23.7 Å². The molecule has 0 aliphatic carbocycles. The van der Waals surface area contributed by atoms with Crippen molar-refractivity contribution in [1.29, 1.82) is 0 Å². The zero-order valence-electron chi connectivity index (χ0n) is 16.6. The van der Waals surface area contributed by atoms with Gasteiger partial charge in [0.05, 0.1) is 26.4 Å². The topological polar surface area (TPSA) is 99.9 Å². The van der Waals surface area contributed by atoms with Crippen molar-refractivity contribution in [3.8, 4) is 5.88 Å². The van der Waals surface area contributed by atoms with Crippen LogP contribution in [-0.2, 0) is 9.47 Å². The van der Waals surface area contributed by atoms with E-state index in [-0.39, 0.29) is 35.8 Å². The summed E-state index contributed by atoms with van der Waals surface area (Å²) >= 11 is 0. The highest BCUT2D eigenvalue weighted by Gasteiger charge is 2.29. The molecule has 2 aromatic heterocycles. The number of nitrogens with one attached hydrogen (secondary N) is 1. The fourth-order valence-electron chi connectivity index (χ4n) is 3.18. The Morgan fingerprint density at radius 3 is 3.07 bits per heavy atom. The summed E-state index contributed by atoms with van der Waals surface area (Å²) in [7, 11) is 3.11. The van der Waals surface area contributed by atoms with Crippen LogP contribution < -0.4 is 10.1 Å². The summed E-state index contributed by atoms with van der Waals surface area (Å²) in [5.74, 6) is -0.780. The normalized spacial score (nSPS) is 19.3. The molecule has 0 amide bonds. The number of carbonyl (C=O) groups excluding carboxylic acids is 1. The molecule has 0 spiro atoms. The van der Waals surface area contributed by atoms with Crippen molar-refractivity contribution < 1.29 is 23.4 Å². The van der Waals surface area contributed by atoms with Crippen molar-refractivity contribution in [2.24, 2.45) is 10.9 Å². The molecule has 0 unspecified atom stereocenters. The number of esters is 1. The van der Waals surface area contributed by atoms with Crippen LogP contribution >= 0.6 is 0 Å². The highest BCUT2D eigenvalue weighted by atomic mass is 19.1. The molecule has 29 heavy (non-hydrogen) atoms. The molecule has 1 saturated heterocycles. The molecule has 1 aliphatic rings. The number of hydrogen-bond donors (Lipinski definition) is 1. The van der Waals surface area contributed by atoms with Gasteiger partial charge in [0.1, 0.15) is 5.56 Å². The lowest BCUT2D eigenvalue weighted by atomic mass is 9.96. The van der Waals surface area contributed by atoms with Crippen LogP contribution in [0.25, 0.3) is 0 Å². The van der Waals surface area contributed by atoms with Gasteiger partial charge < -0.3 is 24.5 Å². The molecule has 1 N–H and O–H groups in total. The number of carbonyl (C=O) groups is 1. The lowest BCUT2D eigenvalue weighted by molar-refractivity contribution is 0.0383. The first kappa shape index (κ1) is 20.7. The number of halogens is 1. The molecule has 156 valence electrons. The summed E-state index contributed by atoms with van der Waals surface area (Å²) in [6.45, 7) is 3.03. The van der Waals surface area contributed by atoms with Crippen molar-refractivity contribution in [1.82, 2.24) is 14.8 Å². The Hall–Kier alpha value is -3.01. The fraction of sp³-hybridized carbons (Fsp3) is 0.474. The van der Waals surface area contributed by atoms with E-state index in [2.05, 4.69) is 20.4 Å². The van der Waals surface area contributed by atoms with Gasteiger partial charge in [0.2, 0.25) is 11.8 Å². The predicted molar refractivity (Wildman–Crippen MR) is 105 cm³/mol. The Balaban J connectivity index is 1.96. The molecule has 9 nitrogen and oxygen atoms in total. The van der Waals surface area contributed by atoms with E-state index in [1.54, 1.807) is 24.9 Å². The summed E-state index contributed by atoms with van der Waals surface area (Å²) < 4.78 is 31.2. The van der Waals surface area contributed by atoms with Gasteiger partial charge in [0.25, 0.3) is 0 Å². The molecule has 3 heterocycles. The maximum Gasteiger partial charge on any atom is 0.343 e. The second-order valence-corrected chi connectivity index (χ2v) is 6.44. The molecule has 0 bridgehead atoms. The van der Waals surface area contributed by atoms with Gasteiger partial charge in [0, 0.05) is 49.8 Å². The summed E-state index contributed by atoms with van der Waals surface area (Å²) in [6.07, 6.45) is 4.28. The molecule has 0 saturated carbocycles. The number of pyridine rings is 1. The van der Waals surface area contributed by atoms with Gasteiger partial charge in [-0.15, -0.1) is 0 Å². The first-order valence-electron chi connectivity index (χ1n) is 9.30. The summed E-state index contributed by atoms with van der Waals surface area (Å²) in [4.78, 5) is 20.2. The average molecular weight is 405 g/mol. The van der Waals surface area contributed by atoms with Crippen LogP contribution in [0.4, 0.5) is 15.9 Å². The smallest absolute Gasteiger partial charge is 0.343 e. The molecule has 1 aliphatic heterocycles. The van der Waals surface area contributed by atoms with Crippen molar-refractivity contribution in [3.63, 3.8) is 0 Å². The number of aromatic nitrogens is 3. The van der Waals surface area contributed by atoms with Gasteiger partial charge >= 0.3 is 5.97 Å². The van der Waals surface area contributed by atoms with E-state index in [1.165, 1.54) is 19.2 Å². The highest BCUT2D eigenvalue weighted by molar-refractivity contribution is 5.95. The molecule has 2 atom stereocenters. The van der Waals surface area contributed by atoms with Gasteiger partial charge in [-0.25, -0.2) is 4.79 Å². The van der Waals surface area contributed by atoms with Crippen LogP contribution in [0.1, 0.15) is 29.7 Å². The van der Waals surface area contributed by atoms with Gasteiger partial charge in [-0.05, 0) is 13.3 Å². The van der Waals surface area contributed by atoms with Gasteiger partial charge in [-0.3, -0.25) is 4.68 Å². The maximum absolute atomic E-state index is 13.7. The monoisotopic (exact) mass is 405 g/mol. The number of methoxy groups -OCH3 is 1. The van der Waals surface area contributed by atoms with Crippen molar-refractivity contribution in [2.75, 3.05) is 39.3 Å². The molecular weight excluding hydrogens is 381 g/mol. The Bertz CT molecular complexity index is 885. The second-order valence-electron chi connectivity index (χ2n) is 6.44. The Morgan fingerprint density at radius 2 is 2.34 bits per heavy atom. The number of ether oxygens (including phenoxy) is 3. The molecule has 1 fully saturated rings. The predicted octanol–water partition coefficient (Wildman–Crippen LogP) is 2.62. The first-order valence-corrected chi connectivity index (χ1v) is 9.30. The molecule has 0 aromatic carbocycles. The largest absolute Gasteiger partial charge is 0.481 e. The van der Waals surface area contributed by atoms with Crippen LogP contribution in [-0.4, -0.2) is 60.9 Å². The Labute approximate surface area is 167 Å².